The Labute approximate surface area is 186 Å². The van der Waals surface area contributed by atoms with E-state index in [4.69, 9.17) is 39.4 Å². The van der Waals surface area contributed by atoms with Crippen LogP contribution in [-0.2, 0) is 0 Å². The summed E-state index contributed by atoms with van der Waals surface area (Å²) >= 11 is 6.40. The fraction of sp³-hybridized carbons (Fsp3) is 0.318. The average molecular weight is 468 g/mol. The second kappa shape index (κ2) is 10.5. The number of fused-ring (bicyclic) bond motifs is 1. The fourth-order valence-corrected chi connectivity index (χ4v) is 3.90. The highest BCUT2D eigenvalue weighted by Gasteiger charge is 2.18. The summed E-state index contributed by atoms with van der Waals surface area (Å²) in [5.74, 6) is 1.59. The van der Waals surface area contributed by atoms with Crippen LogP contribution in [-0.4, -0.2) is 13.2 Å². The maximum absolute atomic E-state index is 8.49. The largest absolute Gasteiger partial charge is 0.497 e. The lowest BCUT2D eigenvalue weighted by Gasteiger charge is -2.17. The molecule has 166 valence electrons. The molecular weight excluding hydrogens is 445 g/mol. The van der Waals surface area contributed by atoms with Crippen LogP contribution in [0.1, 0.15) is 32.1 Å². The molecule has 0 aliphatic heterocycles. The van der Waals surface area contributed by atoms with Gasteiger partial charge in [-0.25, -0.2) is 23.6 Å². The first-order chi connectivity index (χ1) is 14.7. The molecule has 2 aromatic carbocycles. The van der Waals surface area contributed by atoms with Crippen LogP contribution in [0.15, 0.2) is 52.9 Å². The maximum Gasteiger partial charge on any atom is 0.213 e. The number of methoxy groups -OCH3 is 1. The van der Waals surface area contributed by atoms with Crippen LogP contribution in [0.2, 0.25) is 5.02 Å². The summed E-state index contributed by atoms with van der Waals surface area (Å²) in [5, 5.41) is 2.80. The van der Waals surface area contributed by atoms with E-state index in [1.807, 2.05) is 42.5 Å². The van der Waals surface area contributed by atoms with Gasteiger partial charge in [0.15, 0.2) is 6.04 Å². The van der Waals surface area contributed by atoms with Gasteiger partial charge in [0, 0.05) is 18.4 Å². The lowest BCUT2D eigenvalue weighted by molar-refractivity contribution is -2.00. The van der Waals surface area contributed by atoms with Gasteiger partial charge in [0.1, 0.15) is 17.1 Å². The Morgan fingerprint density at radius 1 is 1.00 bits per heavy atom. The van der Waals surface area contributed by atoms with Crippen LogP contribution in [0.25, 0.3) is 22.3 Å². The van der Waals surface area contributed by atoms with Crippen molar-refractivity contribution in [1.82, 2.24) is 0 Å². The minimum absolute atomic E-state index is 0.500. The Kier molecular flexibility index (Phi) is 7.94. The van der Waals surface area contributed by atoms with Crippen molar-refractivity contribution in [2.75, 3.05) is 7.11 Å². The maximum atomic E-state index is 8.49. The molecule has 0 spiro atoms. The predicted molar refractivity (Wildman–Crippen MR) is 104 cm³/mol. The molecule has 0 bridgehead atoms. The number of hydrogen-bond donors (Lipinski definition) is 1. The zero-order valence-corrected chi connectivity index (χ0v) is 18.4. The van der Waals surface area contributed by atoms with E-state index in [2.05, 4.69) is 11.1 Å². The van der Waals surface area contributed by atoms with Crippen molar-refractivity contribution in [2.24, 2.45) is 0 Å². The summed E-state index contributed by atoms with van der Waals surface area (Å²) in [6.45, 7) is 0. The predicted octanol–water partition coefficient (Wildman–Crippen LogP) is -0.680. The molecule has 31 heavy (non-hydrogen) atoms. The summed E-state index contributed by atoms with van der Waals surface area (Å²) in [7, 11) is -3.26. The molecule has 0 radical (unpaired) electrons. The zero-order chi connectivity index (χ0) is 22.4. The Morgan fingerprint density at radius 2 is 1.68 bits per heavy atom. The zero-order valence-electron chi connectivity index (χ0n) is 16.9. The van der Waals surface area contributed by atoms with E-state index in [1.165, 1.54) is 32.1 Å². The minimum atomic E-state index is -4.94. The molecule has 4 rings (SSSR count). The number of benzene rings is 2. The average Bonchev–Trinajstić information content (AvgIpc) is 2.73. The number of hydrogen-bond acceptors (Lipinski definition) is 6. The highest BCUT2D eigenvalue weighted by atomic mass is 35.7. The number of ether oxygens (including phenoxy) is 1. The van der Waals surface area contributed by atoms with Gasteiger partial charge in [0.05, 0.1) is 23.6 Å². The van der Waals surface area contributed by atoms with Crippen molar-refractivity contribution < 1.29 is 43.0 Å². The van der Waals surface area contributed by atoms with E-state index in [-0.39, 0.29) is 0 Å². The molecule has 9 heteroatoms. The molecule has 0 unspecified atom stereocenters. The van der Waals surface area contributed by atoms with Crippen molar-refractivity contribution in [3.63, 3.8) is 0 Å². The second-order valence-electron chi connectivity index (χ2n) is 7.22. The highest BCUT2D eigenvalue weighted by molar-refractivity contribution is 6.33. The molecule has 0 saturated heterocycles. The van der Waals surface area contributed by atoms with Crippen LogP contribution in [0.5, 0.6) is 5.75 Å². The van der Waals surface area contributed by atoms with Gasteiger partial charge in [-0.05, 0) is 43.2 Å². The molecule has 1 N–H and O–H groups in total. The van der Waals surface area contributed by atoms with Gasteiger partial charge in [-0.15, -0.1) is 10.2 Å². The normalized spacial score (nSPS) is 15.5. The van der Waals surface area contributed by atoms with Gasteiger partial charge >= 0.3 is 0 Å². The topological polar surface area (TPSA) is 129 Å². The first-order valence-corrected chi connectivity index (χ1v) is 11.4. The molecule has 1 aliphatic rings. The van der Waals surface area contributed by atoms with Crippen molar-refractivity contribution >= 4 is 22.6 Å². The van der Waals surface area contributed by atoms with Crippen molar-refractivity contribution in [2.45, 2.75) is 38.1 Å². The third-order valence-corrected chi connectivity index (χ3v) is 5.41. The Bertz CT molecular complexity index is 1080. The van der Waals surface area contributed by atoms with Crippen LogP contribution in [0, 0.1) is 10.2 Å². The molecule has 1 aliphatic carbocycles. The quantitative estimate of drug-likeness (QED) is 0.543. The molecule has 3 aromatic rings. The number of halogens is 2. The van der Waals surface area contributed by atoms with Gasteiger partial charge in [0.25, 0.3) is 0 Å². The molecule has 0 amide bonds. The summed E-state index contributed by atoms with van der Waals surface area (Å²) in [6.07, 6.45) is 6.32. The van der Waals surface area contributed by atoms with Gasteiger partial charge in [-0.2, -0.15) is 0 Å². The van der Waals surface area contributed by atoms with Gasteiger partial charge in [-0.1, -0.05) is 30.2 Å². The van der Waals surface area contributed by atoms with E-state index < -0.39 is 10.2 Å². The van der Waals surface area contributed by atoms with Crippen LogP contribution in [0.4, 0.5) is 0 Å². The Hall–Kier alpha value is -2.13. The molecule has 7 nitrogen and oxygen atoms in total. The van der Waals surface area contributed by atoms with Crippen LogP contribution < -0.4 is 33.7 Å². The van der Waals surface area contributed by atoms with Crippen molar-refractivity contribution in [3.05, 3.63) is 58.9 Å². The second-order valence-corrected chi connectivity index (χ2v) is 8.39. The van der Waals surface area contributed by atoms with Gasteiger partial charge in [0.2, 0.25) is 5.36 Å². The molecule has 0 atom stereocenters. The summed E-state index contributed by atoms with van der Waals surface area (Å²) in [4.78, 5) is 3.75. The Morgan fingerprint density at radius 3 is 2.32 bits per heavy atom. The Balaban J connectivity index is 0.000000491. The number of nitrogens with one attached hydrogen (secondary N) is 1. The van der Waals surface area contributed by atoms with E-state index in [0.717, 1.165) is 33.4 Å². The van der Waals surface area contributed by atoms with Gasteiger partial charge in [-0.3, -0.25) is 0 Å². The van der Waals surface area contributed by atoms with E-state index in [9.17, 15) is 0 Å². The summed E-state index contributed by atoms with van der Waals surface area (Å²) in [5.41, 5.74) is 1.72. The molecule has 1 fully saturated rings. The smallest absolute Gasteiger partial charge is 0.213 e. The van der Waals surface area contributed by atoms with E-state index in [1.54, 1.807) is 7.11 Å². The van der Waals surface area contributed by atoms with E-state index >= 15 is 0 Å². The highest BCUT2D eigenvalue weighted by Crippen LogP contribution is 2.29. The molecule has 1 saturated carbocycles. The standard InChI is InChI=1S/C22H22ClNO2.ClHO4/c1-25-16-11-12-21-18(13-16)20(24-15-7-3-2-4-8-15)14-22(26-21)17-9-5-6-10-19(17)23;2-1(3,4)5/h5-6,9-15H,2-4,7-8H2,1H3;(H,2,3,4,5). The third kappa shape index (κ3) is 6.93. The van der Waals surface area contributed by atoms with Crippen molar-refractivity contribution in [1.29, 1.82) is 0 Å². The first-order valence-electron chi connectivity index (χ1n) is 9.82. The first kappa shape index (κ1) is 23.5. The molecule has 1 heterocycles. The van der Waals surface area contributed by atoms with Crippen LogP contribution >= 0.6 is 11.6 Å². The lowest BCUT2D eigenvalue weighted by atomic mass is 9.96. The summed E-state index contributed by atoms with van der Waals surface area (Å²) in [6, 6.07) is 16.3. The van der Waals surface area contributed by atoms with Gasteiger partial charge < -0.3 is 9.15 Å². The SMILES string of the molecule is COc1ccc2oc(-c3ccccc3Cl)cc(=[NH+]C3CCCCC3)c2c1.[O-][Cl+3]([O-])([O-])[O-]. The number of rotatable bonds is 3. The third-order valence-electron chi connectivity index (χ3n) is 5.08. The van der Waals surface area contributed by atoms with Crippen molar-refractivity contribution in [3.8, 4) is 17.1 Å². The van der Waals surface area contributed by atoms with E-state index in [0.29, 0.717) is 11.1 Å². The summed E-state index contributed by atoms with van der Waals surface area (Å²) < 4.78 is 45.6. The minimum Gasteiger partial charge on any atom is -0.497 e. The van der Waals surface area contributed by atoms with Crippen LogP contribution in [0.3, 0.4) is 0 Å². The fourth-order valence-electron chi connectivity index (χ4n) is 3.67. The lowest BCUT2D eigenvalue weighted by Crippen LogP contribution is -2.83. The monoisotopic (exact) mass is 467 g/mol. The molecular formula is C22H23Cl2NO6. The molecule has 1 aromatic heterocycles.